The maximum absolute atomic E-state index is 13.6. The Hall–Kier alpha value is -9.39. The summed E-state index contributed by atoms with van der Waals surface area (Å²) in [6, 6.07) is 14.8. The highest BCUT2D eigenvalue weighted by Gasteiger charge is 2.46. The van der Waals surface area contributed by atoms with E-state index in [0.717, 1.165) is 11.0 Å². The van der Waals surface area contributed by atoms with Crippen molar-refractivity contribution < 1.29 is 161 Å². The monoisotopic (exact) mass is 2150 g/mol. The third kappa shape index (κ3) is 29.5. The van der Waals surface area contributed by atoms with E-state index in [1.54, 1.807) is 13.0 Å². The number of ether oxygens (including phenoxy) is 7. The summed E-state index contributed by atoms with van der Waals surface area (Å²) in [7, 11) is -14.1. The van der Waals surface area contributed by atoms with Gasteiger partial charge in [-0.15, -0.1) is 0 Å². The molecule has 4 aromatic carbocycles. The van der Waals surface area contributed by atoms with Crippen LogP contribution in [0, 0.1) is 0 Å². The molecular formula is C88H99Cl6N8O36P3. The Morgan fingerprint density at radius 2 is 1.13 bits per heavy atom. The molecule has 7 unspecified atom stereocenters. The van der Waals surface area contributed by atoms with E-state index >= 15 is 0 Å². The maximum atomic E-state index is 13.6. The van der Waals surface area contributed by atoms with Crippen molar-refractivity contribution in [3.8, 4) is 56.4 Å². The largest absolute Gasteiger partial charge is 0.508 e. The number of hydrogen-bond acceptors (Lipinski definition) is 32. The molecule has 6 heterocycles. The fourth-order valence-electron chi connectivity index (χ4n) is 15.3. The number of aliphatic hydroxyl groups is 1. The van der Waals surface area contributed by atoms with Crippen LogP contribution in [0.15, 0.2) is 115 Å². The Morgan fingerprint density at radius 1 is 0.553 bits per heavy atom. The van der Waals surface area contributed by atoms with Crippen molar-refractivity contribution in [2.75, 3.05) is 125 Å². The van der Waals surface area contributed by atoms with Crippen molar-refractivity contribution in [3.05, 3.63) is 169 Å². The van der Waals surface area contributed by atoms with Crippen molar-refractivity contribution in [2.24, 2.45) is 5.73 Å². The number of halogens is 6. The van der Waals surface area contributed by atoms with Gasteiger partial charge in [0, 0.05) is 107 Å². The number of phenols is 2. The van der Waals surface area contributed by atoms with E-state index in [9.17, 15) is 102 Å². The van der Waals surface area contributed by atoms with E-state index in [-0.39, 0.29) is 218 Å². The number of imide groups is 1. The number of carboxylic acid groups (broad SMARTS) is 2. The molecule has 0 aromatic heterocycles. The third-order valence-corrected chi connectivity index (χ3v) is 27.2. The number of nitrogens with one attached hydrogen (secondary N) is 5. The van der Waals surface area contributed by atoms with Gasteiger partial charge < -0.3 is 109 Å². The predicted molar refractivity (Wildman–Crippen MR) is 507 cm³/mol. The second kappa shape index (κ2) is 50.9. The lowest BCUT2D eigenvalue weighted by Gasteiger charge is -2.32. The number of hydrogen-bond donors (Lipinski definition) is 14. The van der Waals surface area contributed by atoms with Gasteiger partial charge in [0.15, 0.2) is 22.5 Å². The highest BCUT2D eigenvalue weighted by molar-refractivity contribution is 7.47. The molecule has 0 saturated carbocycles. The van der Waals surface area contributed by atoms with Crippen molar-refractivity contribution in [2.45, 2.75) is 121 Å². The van der Waals surface area contributed by atoms with Gasteiger partial charge >= 0.3 is 47.5 Å². The quantitative estimate of drug-likeness (QED) is 0.00728. The highest BCUT2D eigenvalue weighted by Crippen LogP contribution is 2.53. The molecule has 4 aromatic rings. The molecule has 15 N–H and O–H groups in total. The molecule has 2 aliphatic carbocycles. The Kier molecular flexibility index (Phi) is 39.9. The number of nitrogens with zero attached hydrogens (tertiary/aromatic N) is 2. The number of nitrogens with two attached hydrogens (primary N) is 1. The van der Waals surface area contributed by atoms with Crippen LogP contribution in [0.4, 0.5) is 9.59 Å². The summed E-state index contributed by atoms with van der Waals surface area (Å²) in [4.78, 5) is 164. The second-order valence-electron chi connectivity index (χ2n) is 32.1. The van der Waals surface area contributed by atoms with Crippen molar-refractivity contribution in [1.29, 1.82) is 0 Å². The average Bonchev–Trinajstić information content (AvgIpc) is 1.39. The van der Waals surface area contributed by atoms with Crippen molar-refractivity contribution >= 4 is 163 Å². The summed E-state index contributed by atoms with van der Waals surface area (Å²) in [5.74, 6) is -6.34. The highest BCUT2D eigenvalue weighted by atomic mass is 35.5. The van der Waals surface area contributed by atoms with Crippen LogP contribution in [0.3, 0.4) is 0 Å². The van der Waals surface area contributed by atoms with Crippen LogP contribution in [0.1, 0.15) is 119 Å². The van der Waals surface area contributed by atoms with Crippen LogP contribution in [0.5, 0.6) is 11.5 Å². The number of carboxylic acids is 2. The summed E-state index contributed by atoms with van der Waals surface area (Å²) in [6.45, 7) is -1.75. The first-order valence-corrected chi connectivity index (χ1v) is 50.7. The number of carbonyl (C=O) groups excluding carboxylic acids is 6. The molecule has 12 rings (SSSR count). The van der Waals surface area contributed by atoms with Gasteiger partial charge in [-0.1, -0.05) is 107 Å². The smallest absolute Gasteiger partial charge is 0.472 e. The number of aliphatic hydroxyl groups excluding tert-OH is 1. The van der Waals surface area contributed by atoms with Gasteiger partial charge in [0.05, 0.1) is 155 Å². The summed E-state index contributed by atoms with van der Waals surface area (Å²) in [5.41, 5.74) is 5.02. The number of unbranched alkanes of at least 4 members (excludes halogenated alkanes) is 6. The van der Waals surface area contributed by atoms with E-state index in [2.05, 4.69) is 26.6 Å². The summed E-state index contributed by atoms with van der Waals surface area (Å²) >= 11 is 38.7. The average molecular weight is 2150 g/mol. The zero-order valence-corrected chi connectivity index (χ0v) is 82.1. The Bertz CT molecular complexity index is 6240. The molecule has 0 bridgehead atoms. The van der Waals surface area contributed by atoms with Crippen molar-refractivity contribution in [1.82, 2.24) is 36.4 Å². The number of amides is 8. The molecule has 44 nitrogen and oxygen atoms in total. The lowest BCUT2D eigenvalue weighted by molar-refractivity contribution is -0.120. The summed E-state index contributed by atoms with van der Waals surface area (Å²) in [5, 5.41) is 63.3. The van der Waals surface area contributed by atoms with Crippen LogP contribution >= 0.6 is 93.1 Å². The van der Waals surface area contributed by atoms with Gasteiger partial charge in [0.1, 0.15) is 58.0 Å². The number of phosphoric ester groups is 3. The first-order chi connectivity index (χ1) is 67.2. The van der Waals surface area contributed by atoms with Gasteiger partial charge in [-0.05, 0) is 98.3 Å². The summed E-state index contributed by atoms with van der Waals surface area (Å²) in [6.07, 6.45) is -0.720. The zero-order chi connectivity index (χ0) is 102. The number of carbonyl (C=O) groups is 8. The number of phenolic OH excluding ortho intramolecular Hbond substituents is 2. The Balaban J connectivity index is 0.539. The SMILES string of the molecule is CC1=CN(C2CC(O)C(COP(=O)(O)OCCOCCOCCO[C@@H]3C[C@H](N4CC(=CCC(=O)NCCCCCCNC(=O)c5ccc(-c6c7ccc(=O)cc-7oc7cc(O)ccc67)c(C(=O)O)c5)C(=O)NC4=O)O[C@@H]3COP(=O)(O)OCCOCCOCCOP(=O)(O)OCCCCCCNC(=O)c3c(Cl)cc(-c4c5cc(Cl)c(=O)c(Cl)c-5oc5c(Cl)c(O)c(Cl)cc45)c(C(=O)O)c3Cl)O2)C(=O)NC1N. The van der Waals surface area contributed by atoms with E-state index in [4.69, 9.17) is 144 Å². The molecule has 8 amide bonds. The van der Waals surface area contributed by atoms with Crippen molar-refractivity contribution in [3.63, 3.8) is 0 Å². The molecule has 6 aliphatic heterocycles. The number of aromatic hydroxyl groups is 2. The normalized spacial score (nSPS) is 19.4. The molecule has 764 valence electrons. The number of benzene rings is 6. The van der Waals surface area contributed by atoms with Gasteiger partial charge in [-0.2, -0.15) is 0 Å². The van der Waals surface area contributed by atoms with Crippen LogP contribution in [0.25, 0.3) is 66.8 Å². The van der Waals surface area contributed by atoms with Gasteiger partial charge in [0.25, 0.3) is 17.7 Å². The topological polar surface area (TPSA) is 623 Å². The lowest BCUT2D eigenvalue weighted by atomic mass is 9.89. The zero-order valence-electron chi connectivity index (χ0n) is 74.9. The van der Waals surface area contributed by atoms with Gasteiger partial charge in [-0.3, -0.25) is 71.0 Å². The van der Waals surface area contributed by atoms with Crippen LogP contribution in [-0.2, 0) is 83.6 Å². The Labute approximate surface area is 832 Å². The molecule has 141 heavy (non-hydrogen) atoms. The van der Waals surface area contributed by atoms with Crippen LogP contribution in [0.2, 0.25) is 30.1 Å². The van der Waals surface area contributed by atoms with E-state index in [0.29, 0.717) is 67.0 Å². The van der Waals surface area contributed by atoms with E-state index < -0.39 is 178 Å². The van der Waals surface area contributed by atoms with E-state index in [1.807, 2.05) is 0 Å². The summed E-state index contributed by atoms with van der Waals surface area (Å²) < 4.78 is 121. The Morgan fingerprint density at radius 3 is 1.77 bits per heavy atom. The number of urea groups is 2. The molecule has 3 fully saturated rings. The number of aromatic carboxylic acids is 2. The van der Waals surface area contributed by atoms with Crippen LogP contribution in [-0.4, -0.2) is 266 Å². The third-order valence-electron chi connectivity index (χ3n) is 22.3. The molecule has 0 radical (unpaired) electrons. The molecule has 3 saturated heterocycles. The number of rotatable bonds is 53. The lowest BCUT2D eigenvalue weighted by Crippen LogP contribution is -2.54. The predicted octanol–water partition coefficient (Wildman–Crippen LogP) is 12.1. The molecule has 0 spiro atoms. The number of phosphoric acid groups is 3. The molecule has 8 aliphatic rings. The number of fused-ring (bicyclic) bond motifs is 4. The second-order valence-corrected chi connectivity index (χ2v) is 38.8. The first kappa shape index (κ1) is 110. The minimum atomic E-state index is -4.88. The fraction of sp³-hybridized carbons (Fsp3) is 0.432. The minimum absolute atomic E-state index is 0.00491. The van der Waals surface area contributed by atoms with Gasteiger partial charge in [-0.25, -0.2) is 32.9 Å². The van der Waals surface area contributed by atoms with Gasteiger partial charge in [0.2, 0.25) is 11.3 Å². The fourth-order valence-corrected chi connectivity index (χ4v) is 19.2. The molecule has 10 atom stereocenters. The standard InChI is InChI=1S/C88H99Cl6N8O36P3/c1-46-42-101(87(116)99-81(46)95)68-40-61(105)65(136-68)44-133-140(120,121)131-32-28-125-23-22-124-26-30-128-64-41-69(102-43-48(83(110)100-88(102)117)11-17-67(106)96-18-6-2-3-7-19-97-82(109)47-10-14-51(54(34-47)85(112)113)70-52-15-12-49(103)35-62(52)135-63-36-50(104)13-16-53(63)70)137-66(64)45-134-141(122,123)132-33-29-127-25-24-126-27-31-130-139(118,119)129-21-9-5-4-8-20-98-84(111)73-58(89)37-55(72(74(73)92)86(114)115)71-56-38-59(90)77(107)75(93)79(56)138-80-57(71)39-60(91)78(108)76(80)94/h10-16,34-39,42,61,64-66,68-69,81,103,105,107H,2-9,17-33,40-41,43-45,95H2,1H3,(H,96,106)(H,97,109)(H,98,111)(H,99,116)(H,112,113)(H,114,115)(H,118,119)(H,120,121)(H,122,123)(H,100,110,117)/t61?,64-,65?,66-,68?,69-,81?/m1/s1. The minimum Gasteiger partial charge on any atom is -0.508 e. The maximum Gasteiger partial charge on any atom is 0.472 e. The molecule has 53 heteroatoms. The first-order valence-electron chi connectivity index (χ1n) is 43.9. The van der Waals surface area contributed by atoms with Crippen LogP contribution < -0.4 is 43.2 Å². The van der Waals surface area contributed by atoms with E-state index in [1.165, 1.54) is 77.8 Å². The molecular weight excluding hydrogens is 2050 g/mol.